The summed E-state index contributed by atoms with van der Waals surface area (Å²) >= 11 is 0. The summed E-state index contributed by atoms with van der Waals surface area (Å²) in [5.41, 5.74) is 0. The Kier molecular flexibility index (Phi) is 8.13. The van der Waals surface area contributed by atoms with Crippen LogP contribution in [0.1, 0.15) is 0 Å². The Morgan fingerprint density at radius 1 is 1.09 bits per heavy atom. The van der Waals surface area contributed by atoms with Gasteiger partial charge in [0, 0.05) is 7.11 Å². The van der Waals surface area contributed by atoms with E-state index in [0.717, 1.165) is 0 Å². The molecule has 0 saturated heterocycles. The van der Waals surface area contributed by atoms with Gasteiger partial charge >= 0.3 is 9.53 Å². The molecule has 0 heterocycles. The van der Waals surface area contributed by atoms with Crippen LogP contribution in [0.25, 0.3) is 0 Å². The maximum atomic E-state index is 8.37. The highest BCUT2D eigenvalue weighted by Gasteiger charge is 2.11. The Bertz CT molecular complexity index is 73.3. The number of aliphatic hydroxyl groups excluding tert-OH is 2. The van der Waals surface area contributed by atoms with Gasteiger partial charge in [-0.2, -0.15) is 0 Å². The van der Waals surface area contributed by atoms with Crippen molar-refractivity contribution in [2.24, 2.45) is 0 Å². The van der Waals surface area contributed by atoms with Gasteiger partial charge in [-0.1, -0.05) is 0 Å². The van der Waals surface area contributed by atoms with E-state index in [1.807, 2.05) is 0 Å². The van der Waals surface area contributed by atoms with Gasteiger partial charge in [0.05, 0.1) is 26.4 Å². The zero-order chi connectivity index (χ0) is 8.53. The summed E-state index contributed by atoms with van der Waals surface area (Å²) < 4.78 is 14.8. The largest absolute Gasteiger partial charge is 0.484 e. The molecule has 0 aliphatic carbocycles. The molecular formula is C5H14O5Si. The van der Waals surface area contributed by atoms with Crippen molar-refractivity contribution in [2.45, 2.75) is 0 Å². The molecule has 0 aliphatic rings. The average Bonchev–Trinajstić information content (AvgIpc) is 2.05. The van der Waals surface area contributed by atoms with E-state index in [9.17, 15) is 0 Å². The molecule has 0 amide bonds. The third-order valence-corrected chi connectivity index (χ3v) is 2.28. The van der Waals surface area contributed by atoms with E-state index in [1.54, 1.807) is 0 Å². The molecular weight excluding hydrogens is 168 g/mol. The highest BCUT2D eigenvalue weighted by Crippen LogP contribution is 1.89. The van der Waals surface area contributed by atoms with Gasteiger partial charge in [-0.05, 0) is 0 Å². The van der Waals surface area contributed by atoms with Crippen molar-refractivity contribution in [3.05, 3.63) is 0 Å². The zero-order valence-electron chi connectivity index (χ0n) is 6.52. The lowest BCUT2D eigenvalue weighted by atomic mass is 10.8. The van der Waals surface area contributed by atoms with Gasteiger partial charge in [0.25, 0.3) is 0 Å². The van der Waals surface area contributed by atoms with Crippen molar-refractivity contribution < 1.29 is 23.5 Å². The molecule has 0 aromatic heterocycles. The Morgan fingerprint density at radius 3 is 1.82 bits per heavy atom. The summed E-state index contributed by atoms with van der Waals surface area (Å²) in [7, 11) is -0.590. The van der Waals surface area contributed by atoms with Crippen LogP contribution < -0.4 is 0 Å². The van der Waals surface area contributed by atoms with Crippen LogP contribution in [-0.4, -0.2) is 53.3 Å². The molecule has 0 saturated carbocycles. The molecule has 6 heteroatoms. The molecule has 0 aromatic carbocycles. The Balaban J connectivity index is 3.25. The molecule has 2 N–H and O–H groups in total. The third kappa shape index (κ3) is 6.42. The second-order valence-corrected chi connectivity index (χ2v) is 3.43. The first kappa shape index (κ1) is 11.0. The van der Waals surface area contributed by atoms with Crippen molar-refractivity contribution in [3.8, 4) is 0 Å². The van der Waals surface area contributed by atoms with Crippen LogP contribution in [0, 0.1) is 0 Å². The summed E-state index contributed by atoms with van der Waals surface area (Å²) in [6.07, 6.45) is 0. The summed E-state index contributed by atoms with van der Waals surface area (Å²) in [4.78, 5) is 0. The lowest BCUT2D eigenvalue weighted by Crippen LogP contribution is -2.28. The molecule has 68 valence electrons. The second-order valence-electron chi connectivity index (χ2n) is 1.71. The zero-order valence-corrected chi connectivity index (χ0v) is 7.68. The van der Waals surface area contributed by atoms with Crippen molar-refractivity contribution in [2.75, 3.05) is 33.5 Å². The summed E-state index contributed by atoms with van der Waals surface area (Å²) in [6, 6.07) is 0. The summed E-state index contributed by atoms with van der Waals surface area (Å²) in [5, 5.41) is 16.7. The van der Waals surface area contributed by atoms with Crippen molar-refractivity contribution in [1.29, 1.82) is 0 Å². The normalized spacial score (nSPS) is 10.9. The Morgan fingerprint density at radius 2 is 1.55 bits per heavy atom. The van der Waals surface area contributed by atoms with Crippen LogP contribution in [-0.2, 0) is 13.3 Å². The van der Waals surface area contributed by atoms with Crippen LogP contribution in [0.3, 0.4) is 0 Å². The molecule has 0 aliphatic heterocycles. The predicted molar refractivity (Wildman–Crippen MR) is 40.2 cm³/mol. The van der Waals surface area contributed by atoms with E-state index in [2.05, 4.69) is 0 Å². The fraction of sp³-hybridized carbons (Fsp3) is 1.00. The smallest absolute Gasteiger partial charge is 0.394 e. The van der Waals surface area contributed by atoms with E-state index in [1.165, 1.54) is 7.11 Å². The van der Waals surface area contributed by atoms with E-state index in [4.69, 9.17) is 23.5 Å². The quantitative estimate of drug-likeness (QED) is 0.463. The van der Waals surface area contributed by atoms with Crippen molar-refractivity contribution in [1.82, 2.24) is 0 Å². The molecule has 0 unspecified atom stereocenters. The highest BCUT2D eigenvalue weighted by atomic mass is 28.3. The van der Waals surface area contributed by atoms with Gasteiger partial charge in [0.1, 0.15) is 0 Å². The number of hydrogen-bond donors (Lipinski definition) is 2. The van der Waals surface area contributed by atoms with Crippen LogP contribution in [0.5, 0.6) is 0 Å². The molecule has 0 rings (SSSR count). The van der Waals surface area contributed by atoms with Crippen LogP contribution in [0.4, 0.5) is 0 Å². The first-order chi connectivity index (χ1) is 5.35. The van der Waals surface area contributed by atoms with E-state index < -0.39 is 9.53 Å². The van der Waals surface area contributed by atoms with Crippen molar-refractivity contribution >= 4 is 9.53 Å². The standard InChI is InChI=1S/C5H14O5Si/c1-8-11(9-4-2-6)10-5-3-7/h6-7,11H,2-5H2,1H3. The monoisotopic (exact) mass is 182 g/mol. The van der Waals surface area contributed by atoms with E-state index in [0.29, 0.717) is 0 Å². The Hall–Kier alpha value is 0.0169. The van der Waals surface area contributed by atoms with E-state index >= 15 is 0 Å². The first-order valence-electron chi connectivity index (χ1n) is 3.33. The lowest BCUT2D eigenvalue weighted by molar-refractivity contribution is 0.0784. The van der Waals surface area contributed by atoms with Gasteiger partial charge in [-0.15, -0.1) is 0 Å². The fourth-order valence-corrected chi connectivity index (χ4v) is 1.45. The minimum atomic E-state index is -2.07. The molecule has 0 radical (unpaired) electrons. The average molecular weight is 182 g/mol. The maximum Gasteiger partial charge on any atom is 0.484 e. The molecule has 0 spiro atoms. The van der Waals surface area contributed by atoms with Crippen molar-refractivity contribution in [3.63, 3.8) is 0 Å². The number of rotatable bonds is 7. The number of hydrogen-bond acceptors (Lipinski definition) is 5. The van der Waals surface area contributed by atoms with Gasteiger partial charge in [0.2, 0.25) is 0 Å². The lowest BCUT2D eigenvalue weighted by Gasteiger charge is -2.12. The number of aliphatic hydroxyl groups is 2. The van der Waals surface area contributed by atoms with E-state index in [-0.39, 0.29) is 26.4 Å². The summed E-state index contributed by atoms with van der Waals surface area (Å²) in [5.74, 6) is 0. The minimum absolute atomic E-state index is 0.0463. The van der Waals surface area contributed by atoms with Gasteiger partial charge in [-0.3, -0.25) is 0 Å². The molecule has 0 atom stereocenters. The van der Waals surface area contributed by atoms with Crippen LogP contribution in [0.2, 0.25) is 0 Å². The molecule has 5 nitrogen and oxygen atoms in total. The van der Waals surface area contributed by atoms with Crippen LogP contribution in [0.15, 0.2) is 0 Å². The molecule has 0 fully saturated rings. The minimum Gasteiger partial charge on any atom is -0.394 e. The van der Waals surface area contributed by atoms with Gasteiger partial charge < -0.3 is 23.5 Å². The molecule has 0 aromatic rings. The topological polar surface area (TPSA) is 68.2 Å². The predicted octanol–water partition coefficient (Wildman–Crippen LogP) is -1.63. The Labute approximate surface area is 67.5 Å². The fourth-order valence-electron chi connectivity index (χ4n) is 0.482. The van der Waals surface area contributed by atoms with Gasteiger partial charge in [0.15, 0.2) is 0 Å². The first-order valence-corrected chi connectivity index (χ1v) is 4.74. The van der Waals surface area contributed by atoms with Crippen LogP contribution >= 0.6 is 0 Å². The summed E-state index contributed by atoms with van der Waals surface area (Å²) in [6.45, 7) is 0.344. The van der Waals surface area contributed by atoms with Gasteiger partial charge in [-0.25, -0.2) is 0 Å². The highest BCUT2D eigenvalue weighted by molar-refractivity contribution is 6.36. The SMILES string of the molecule is CO[SiH](OCCO)OCCO. The third-order valence-electron chi connectivity index (χ3n) is 0.883. The maximum absolute atomic E-state index is 8.37. The molecule has 11 heavy (non-hydrogen) atoms. The molecule has 0 bridgehead atoms. The second kappa shape index (κ2) is 8.12.